The monoisotopic (exact) mass is 313 g/mol. The molecule has 0 heterocycles. The quantitative estimate of drug-likeness (QED) is 0.867. The lowest BCUT2D eigenvalue weighted by Gasteiger charge is -2.19. The molecule has 1 aromatic carbocycles. The number of hydroxylamine groups is 1. The van der Waals surface area contributed by atoms with Crippen LogP contribution < -0.4 is 5.48 Å². The fourth-order valence-corrected chi connectivity index (χ4v) is 3.15. The van der Waals surface area contributed by atoms with Crippen molar-refractivity contribution in [2.75, 3.05) is 5.94 Å². The molecular weight excluding hydrogens is 290 g/mol. The second kappa shape index (κ2) is 7.04. The van der Waals surface area contributed by atoms with Crippen LogP contribution in [-0.2, 0) is 20.4 Å². The van der Waals surface area contributed by atoms with Gasteiger partial charge in [0, 0.05) is 4.90 Å². The van der Waals surface area contributed by atoms with E-state index in [-0.39, 0.29) is 5.94 Å². The van der Waals surface area contributed by atoms with E-state index in [0.717, 1.165) is 21.6 Å². The van der Waals surface area contributed by atoms with Gasteiger partial charge in [-0.25, -0.2) is 4.79 Å². The summed E-state index contributed by atoms with van der Waals surface area (Å²) in [5.74, 6) is -0.121. The van der Waals surface area contributed by atoms with E-state index in [1.54, 1.807) is 20.8 Å². The number of amides is 1. The zero-order valence-electron chi connectivity index (χ0n) is 13.4. The number of carbonyl (C=O) groups excluding carboxylic acids is 1. The molecule has 6 heteroatoms. The summed E-state index contributed by atoms with van der Waals surface area (Å²) in [6, 6.07) is 3.95. The molecule has 0 saturated carbocycles. The van der Waals surface area contributed by atoms with E-state index in [1.807, 2.05) is 32.9 Å². The molecule has 1 atom stereocenters. The summed E-state index contributed by atoms with van der Waals surface area (Å²) in [5, 5.41) is 0. The van der Waals surface area contributed by atoms with Gasteiger partial charge in [0.2, 0.25) is 0 Å². The molecule has 118 valence electrons. The number of hydrogen-bond acceptors (Lipinski definition) is 4. The third kappa shape index (κ3) is 5.85. The SMILES string of the molecule is Cc1cc(C)c(S(=O)CONC(=O)OC(C)(C)C)c(C)c1. The van der Waals surface area contributed by atoms with Gasteiger partial charge >= 0.3 is 6.09 Å². The minimum Gasteiger partial charge on any atom is -0.442 e. The van der Waals surface area contributed by atoms with Crippen molar-refractivity contribution < 1.29 is 18.6 Å². The van der Waals surface area contributed by atoms with Crippen LogP contribution in [0.5, 0.6) is 0 Å². The summed E-state index contributed by atoms with van der Waals surface area (Å²) < 4.78 is 17.3. The molecule has 0 saturated heterocycles. The molecule has 0 fully saturated rings. The molecule has 1 rings (SSSR count). The molecule has 0 aromatic heterocycles. The lowest BCUT2D eigenvalue weighted by atomic mass is 10.1. The highest BCUT2D eigenvalue weighted by Gasteiger charge is 2.17. The second-order valence-electron chi connectivity index (χ2n) is 5.94. The second-order valence-corrected chi connectivity index (χ2v) is 7.27. The van der Waals surface area contributed by atoms with Gasteiger partial charge in [-0.05, 0) is 52.7 Å². The van der Waals surface area contributed by atoms with E-state index in [2.05, 4.69) is 5.48 Å². The number of nitrogens with one attached hydrogen (secondary N) is 1. The van der Waals surface area contributed by atoms with Crippen LogP contribution in [0.4, 0.5) is 4.79 Å². The van der Waals surface area contributed by atoms with Crippen molar-refractivity contribution in [3.8, 4) is 0 Å². The van der Waals surface area contributed by atoms with Crippen LogP contribution in [0.3, 0.4) is 0 Å². The van der Waals surface area contributed by atoms with Gasteiger partial charge in [-0.1, -0.05) is 17.7 Å². The van der Waals surface area contributed by atoms with Crippen molar-refractivity contribution >= 4 is 16.9 Å². The van der Waals surface area contributed by atoms with Gasteiger partial charge in [-0.15, -0.1) is 0 Å². The molecule has 0 bridgehead atoms. The van der Waals surface area contributed by atoms with Crippen molar-refractivity contribution in [2.45, 2.75) is 52.0 Å². The first-order valence-corrected chi connectivity index (χ1v) is 7.99. The Kier molecular flexibility index (Phi) is 5.92. The fraction of sp³-hybridized carbons (Fsp3) is 0.533. The number of aryl methyl sites for hydroxylation is 3. The van der Waals surface area contributed by atoms with Crippen molar-refractivity contribution in [1.82, 2.24) is 5.48 Å². The molecule has 0 aliphatic carbocycles. The summed E-state index contributed by atoms with van der Waals surface area (Å²) >= 11 is 0. The molecule has 1 amide bonds. The molecule has 1 unspecified atom stereocenters. The van der Waals surface area contributed by atoms with Crippen LogP contribution in [0.2, 0.25) is 0 Å². The van der Waals surface area contributed by atoms with Crippen LogP contribution in [0.15, 0.2) is 17.0 Å². The highest BCUT2D eigenvalue weighted by Crippen LogP contribution is 2.20. The standard InChI is InChI=1S/C15H23NO4S/c1-10-7-11(2)13(12(3)8-10)21(18)9-19-16-14(17)20-15(4,5)6/h7-8H,9H2,1-6H3,(H,16,17). The molecular formula is C15H23NO4S. The van der Waals surface area contributed by atoms with Gasteiger partial charge in [0.15, 0.2) is 5.94 Å². The van der Waals surface area contributed by atoms with Gasteiger partial charge in [-0.3, -0.25) is 9.05 Å². The summed E-state index contributed by atoms with van der Waals surface area (Å²) in [6.07, 6.45) is -0.697. The zero-order valence-corrected chi connectivity index (χ0v) is 14.2. The lowest BCUT2D eigenvalue weighted by Crippen LogP contribution is -2.33. The predicted octanol–water partition coefficient (Wildman–Crippen LogP) is 3.13. The van der Waals surface area contributed by atoms with E-state index in [9.17, 15) is 9.00 Å². The average Bonchev–Trinajstić information content (AvgIpc) is 2.24. The highest BCUT2D eigenvalue weighted by atomic mass is 32.2. The van der Waals surface area contributed by atoms with Gasteiger partial charge in [0.25, 0.3) is 0 Å². The first-order valence-electron chi connectivity index (χ1n) is 6.67. The topological polar surface area (TPSA) is 64.6 Å². The van der Waals surface area contributed by atoms with E-state index in [1.165, 1.54) is 0 Å². The summed E-state index contributed by atoms with van der Waals surface area (Å²) in [6.45, 7) is 11.1. The molecule has 1 N–H and O–H groups in total. The molecule has 0 aliphatic heterocycles. The maximum absolute atomic E-state index is 12.3. The number of benzene rings is 1. The first kappa shape index (κ1) is 17.7. The Bertz CT molecular complexity index is 526. The number of rotatable bonds is 4. The summed E-state index contributed by atoms with van der Waals surface area (Å²) in [5.41, 5.74) is 4.56. The minimum absolute atomic E-state index is 0.121. The van der Waals surface area contributed by atoms with Crippen LogP contribution in [0.25, 0.3) is 0 Å². The van der Waals surface area contributed by atoms with Crippen LogP contribution in [0.1, 0.15) is 37.5 Å². The van der Waals surface area contributed by atoms with Crippen molar-refractivity contribution in [1.29, 1.82) is 0 Å². The van der Waals surface area contributed by atoms with Crippen LogP contribution in [-0.4, -0.2) is 21.8 Å². The highest BCUT2D eigenvalue weighted by molar-refractivity contribution is 7.85. The maximum Gasteiger partial charge on any atom is 0.431 e. The Balaban J connectivity index is 2.58. The Hall–Kier alpha value is -1.40. The summed E-state index contributed by atoms with van der Waals surface area (Å²) in [4.78, 5) is 17.1. The molecule has 0 spiro atoms. The van der Waals surface area contributed by atoms with E-state index in [0.29, 0.717) is 0 Å². The normalized spacial score (nSPS) is 12.9. The number of hydrogen-bond donors (Lipinski definition) is 1. The van der Waals surface area contributed by atoms with E-state index < -0.39 is 22.5 Å². The number of carbonyl (C=O) groups is 1. The third-order valence-electron chi connectivity index (χ3n) is 2.55. The van der Waals surface area contributed by atoms with Crippen LogP contribution >= 0.6 is 0 Å². The van der Waals surface area contributed by atoms with Gasteiger partial charge in [-0.2, -0.15) is 5.48 Å². The largest absolute Gasteiger partial charge is 0.442 e. The van der Waals surface area contributed by atoms with Gasteiger partial charge < -0.3 is 4.74 Å². The van der Waals surface area contributed by atoms with Crippen molar-refractivity contribution in [2.24, 2.45) is 0 Å². The van der Waals surface area contributed by atoms with Crippen molar-refractivity contribution in [3.05, 3.63) is 28.8 Å². The zero-order chi connectivity index (χ0) is 16.2. The molecule has 5 nitrogen and oxygen atoms in total. The van der Waals surface area contributed by atoms with E-state index in [4.69, 9.17) is 9.57 Å². The molecule has 1 aromatic rings. The third-order valence-corrected chi connectivity index (χ3v) is 3.98. The van der Waals surface area contributed by atoms with Gasteiger partial charge in [0.05, 0.1) is 10.8 Å². The van der Waals surface area contributed by atoms with Crippen molar-refractivity contribution in [3.63, 3.8) is 0 Å². The summed E-state index contributed by atoms with van der Waals surface area (Å²) in [7, 11) is -1.35. The number of ether oxygens (including phenoxy) is 1. The Morgan fingerprint density at radius 2 is 1.71 bits per heavy atom. The van der Waals surface area contributed by atoms with Crippen LogP contribution in [0, 0.1) is 20.8 Å². The maximum atomic E-state index is 12.3. The van der Waals surface area contributed by atoms with Gasteiger partial charge in [0.1, 0.15) is 5.60 Å². The molecule has 0 aliphatic rings. The Morgan fingerprint density at radius 3 is 2.19 bits per heavy atom. The lowest BCUT2D eigenvalue weighted by molar-refractivity contribution is 0.00462. The average molecular weight is 313 g/mol. The molecule has 21 heavy (non-hydrogen) atoms. The minimum atomic E-state index is -1.35. The Labute approximate surface area is 128 Å². The predicted molar refractivity (Wildman–Crippen MR) is 82.4 cm³/mol. The van der Waals surface area contributed by atoms with E-state index >= 15 is 0 Å². The Morgan fingerprint density at radius 1 is 1.19 bits per heavy atom. The smallest absolute Gasteiger partial charge is 0.431 e. The first-order chi connectivity index (χ1) is 9.60. The fourth-order valence-electron chi connectivity index (χ4n) is 2.03. The molecule has 0 radical (unpaired) electrons.